The third-order valence-electron chi connectivity index (χ3n) is 6.64. The summed E-state index contributed by atoms with van der Waals surface area (Å²) in [7, 11) is -3.94. The average molecular weight is 470 g/mol. The van der Waals surface area contributed by atoms with Crippen molar-refractivity contribution in [2.24, 2.45) is 0 Å². The standard InChI is InChI=1S/C25H31N3O4S/c1-19-13-15-21(16-14-19)28-23(29)17-27(33(31,32)22-11-7-4-8-12-22)18-25(28,2)24(30)26-20-9-5-3-6-10-20/h4,7-8,11-16,20H,3,5-6,9-10,17-18H2,1-2H3,(H,26,30)/t25-/m0/s1. The number of rotatable bonds is 5. The van der Waals surface area contributed by atoms with Gasteiger partial charge in [-0.05, 0) is 51.0 Å². The normalized spacial score (nSPS) is 22.8. The molecule has 2 aliphatic rings. The highest BCUT2D eigenvalue weighted by atomic mass is 32.2. The first-order chi connectivity index (χ1) is 15.7. The zero-order valence-corrected chi connectivity index (χ0v) is 20.0. The molecule has 1 heterocycles. The Bertz CT molecular complexity index is 1110. The van der Waals surface area contributed by atoms with Crippen LogP contribution in [0.5, 0.6) is 0 Å². The Morgan fingerprint density at radius 2 is 1.64 bits per heavy atom. The summed E-state index contributed by atoms with van der Waals surface area (Å²) in [6, 6.07) is 15.5. The Kier molecular flexibility index (Phi) is 6.59. The number of nitrogens with zero attached hydrogens (tertiary/aromatic N) is 2. The van der Waals surface area contributed by atoms with E-state index >= 15 is 0 Å². The number of benzene rings is 2. The third-order valence-corrected chi connectivity index (χ3v) is 8.45. The summed E-state index contributed by atoms with van der Waals surface area (Å²) in [5.41, 5.74) is 0.234. The number of nitrogens with one attached hydrogen (secondary N) is 1. The van der Waals surface area contributed by atoms with E-state index < -0.39 is 21.5 Å². The highest BCUT2D eigenvalue weighted by molar-refractivity contribution is 7.89. The first kappa shape index (κ1) is 23.4. The number of anilines is 1. The van der Waals surface area contributed by atoms with Crippen molar-refractivity contribution in [1.29, 1.82) is 0 Å². The molecule has 1 saturated heterocycles. The molecule has 1 N–H and O–H groups in total. The molecule has 1 atom stereocenters. The number of carbonyl (C=O) groups is 2. The van der Waals surface area contributed by atoms with Gasteiger partial charge in [-0.25, -0.2) is 8.42 Å². The summed E-state index contributed by atoms with van der Waals surface area (Å²) in [6.45, 7) is 3.17. The van der Waals surface area contributed by atoms with Gasteiger partial charge in [-0.15, -0.1) is 0 Å². The van der Waals surface area contributed by atoms with Gasteiger partial charge in [0.05, 0.1) is 11.4 Å². The van der Waals surface area contributed by atoms with Crippen LogP contribution in [0.25, 0.3) is 0 Å². The van der Waals surface area contributed by atoms with Gasteiger partial charge in [-0.1, -0.05) is 55.2 Å². The molecule has 2 fully saturated rings. The molecule has 176 valence electrons. The van der Waals surface area contributed by atoms with Gasteiger partial charge in [0.2, 0.25) is 21.8 Å². The summed E-state index contributed by atoms with van der Waals surface area (Å²) in [4.78, 5) is 28.7. The van der Waals surface area contributed by atoms with E-state index in [2.05, 4.69) is 5.32 Å². The highest BCUT2D eigenvalue weighted by Crippen LogP contribution is 2.33. The van der Waals surface area contributed by atoms with Crippen molar-refractivity contribution >= 4 is 27.5 Å². The fourth-order valence-corrected chi connectivity index (χ4v) is 6.26. The van der Waals surface area contributed by atoms with Gasteiger partial charge in [0.25, 0.3) is 0 Å². The lowest BCUT2D eigenvalue weighted by atomic mass is 9.91. The molecular weight excluding hydrogens is 438 g/mol. The summed E-state index contributed by atoms with van der Waals surface area (Å²) in [5.74, 6) is -0.748. The summed E-state index contributed by atoms with van der Waals surface area (Å²) in [5, 5.41) is 3.12. The Labute approximate surface area is 195 Å². The summed E-state index contributed by atoms with van der Waals surface area (Å²) in [6.07, 6.45) is 5.05. The first-order valence-corrected chi connectivity index (χ1v) is 12.9. The predicted molar refractivity (Wildman–Crippen MR) is 127 cm³/mol. The van der Waals surface area contributed by atoms with E-state index in [9.17, 15) is 18.0 Å². The van der Waals surface area contributed by atoms with Gasteiger partial charge in [-0.3, -0.25) is 14.5 Å². The van der Waals surface area contributed by atoms with E-state index in [1.54, 1.807) is 37.3 Å². The summed E-state index contributed by atoms with van der Waals surface area (Å²) >= 11 is 0. The smallest absolute Gasteiger partial charge is 0.247 e. The quantitative estimate of drug-likeness (QED) is 0.728. The van der Waals surface area contributed by atoms with Crippen molar-refractivity contribution in [2.75, 3.05) is 18.0 Å². The van der Waals surface area contributed by atoms with Crippen LogP contribution in [0, 0.1) is 6.92 Å². The van der Waals surface area contributed by atoms with Gasteiger partial charge in [-0.2, -0.15) is 4.31 Å². The van der Waals surface area contributed by atoms with Crippen molar-refractivity contribution in [3.05, 3.63) is 60.2 Å². The van der Waals surface area contributed by atoms with Crippen molar-refractivity contribution in [2.45, 2.75) is 62.4 Å². The van der Waals surface area contributed by atoms with Crippen molar-refractivity contribution in [3.8, 4) is 0 Å². The minimum absolute atomic E-state index is 0.0409. The van der Waals surface area contributed by atoms with E-state index in [4.69, 9.17) is 0 Å². The second kappa shape index (κ2) is 9.27. The van der Waals surface area contributed by atoms with Crippen LogP contribution in [0.15, 0.2) is 59.5 Å². The number of carbonyl (C=O) groups excluding carboxylic acids is 2. The van der Waals surface area contributed by atoms with Gasteiger partial charge < -0.3 is 5.32 Å². The molecule has 2 amide bonds. The molecule has 2 aromatic rings. The number of hydrogen-bond acceptors (Lipinski definition) is 4. The molecule has 1 aliphatic heterocycles. The predicted octanol–water partition coefficient (Wildman–Crippen LogP) is 3.24. The Morgan fingerprint density at radius 1 is 1.00 bits per heavy atom. The Balaban J connectivity index is 1.71. The second-order valence-electron chi connectivity index (χ2n) is 9.23. The number of piperazine rings is 1. The molecule has 0 spiro atoms. The second-order valence-corrected chi connectivity index (χ2v) is 11.2. The fraction of sp³-hybridized carbons (Fsp3) is 0.440. The highest BCUT2D eigenvalue weighted by Gasteiger charge is 2.51. The molecule has 8 heteroatoms. The molecule has 0 unspecified atom stereocenters. The van der Waals surface area contributed by atoms with Crippen molar-refractivity contribution in [3.63, 3.8) is 0 Å². The summed E-state index contributed by atoms with van der Waals surface area (Å²) < 4.78 is 27.8. The topological polar surface area (TPSA) is 86.8 Å². The lowest BCUT2D eigenvalue weighted by molar-refractivity contribution is -0.133. The number of sulfonamides is 1. The molecule has 4 rings (SSSR count). The number of hydrogen-bond donors (Lipinski definition) is 1. The molecule has 0 bridgehead atoms. The van der Waals surface area contributed by atoms with Gasteiger partial charge in [0, 0.05) is 18.3 Å². The molecule has 2 aromatic carbocycles. The minimum Gasteiger partial charge on any atom is -0.351 e. The maximum absolute atomic E-state index is 13.7. The lowest BCUT2D eigenvalue weighted by Crippen LogP contribution is -2.70. The molecule has 33 heavy (non-hydrogen) atoms. The van der Waals surface area contributed by atoms with Crippen LogP contribution in [0.3, 0.4) is 0 Å². The monoisotopic (exact) mass is 469 g/mol. The van der Waals surface area contributed by atoms with Crippen LogP contribution in [-0.2, 0) is 19.6 Å². The van der Waals surface area contributed by atoms with Crippen LogP contribution in [0.4, 0.5) is 5.69 Å². The van der Waals surface area contributed by atoms with Crippen LogP contribution in [0.1, 0.15) is 44.6 Å². The van der Waals surface area contributed by atoms with E-state index in [-0.39, 0.29) is 29.9 Å². The molecular formula is C25H31N3O4S. The zero-order chi connectivity index (χ0) is 23.6. The largest absolute Gasteiger partial charge is 0.351 e. The Morgan fingerprint density at radius 3 is 2.27 bits per heavy atom. The maximum Gasteiger partial charge on any atom is 0.247 e. The lowest BCUT2D eigenvalue weighted by Gasteiger charge is -2.47. The van der Waals surface area contributed by atoms with Crippen LogP contribution in [0.2, 0.25) is 0 Å². The van der Waals surface area contributed by atoms with E-state index in [0.717, 1.165) is 42.0 Å². The molecule has 7 nitrogen and oxygen atoms in total. The van der Waals surface area contributed by atoms with Gasteiger partial charge in [0.15, 0.2) is 0 Å². The fourth-order valence-electron chi connectivity index (χ4n) is 4.76. The van der Waals surface area contributed by atoms with E-state index in [0.29, 0.717) is 5.69 Å². The van der Waals surface area contributed by atoms with Gasteiger partial charge in [0.1, 0.15) is 5.54 Å². The maximum atomic E-state index is 13.7. The minimum atomic E-state index is -3.94. The molecule has 0 aromatic heterocycles. The molecule has 1 aliphatic carbocycles. The van der Waals surface area contributed by atoms with Crippen LogP contribution >= 0.6 is 0 Å². The van der Waals surface area contributed by atoms with Crippen molar-refractivity contribution in [1.82, 2.24) is 9.62 Å². The molecule has 1 saturated carbocycles. The van der Waals surface area contributed by atoms with Crippen molar-refractivity contribution < 1.29 is 18.0 Å². The first-order valence-electron chi connectivity index (χ1n) is 11.5. The molecule has 0 radical (unpaired) electrons. The SMILES string of the molecule is Cc1ccc(N2C(=O)CN(S(=O)(=O)c3ccccc3)C[C@@]2(C)C(=O)NC2CCCCC2)cc1. The van der Waals surface area contributed by atoms with Crippen LogP contribution in [-0.4, -0.2) is 49.2 Å². The number of aryl methyl sites for hydroxylation is 1. The average Bonchev–Trinajstić information content (AvgIpc) is 2.81. The Hall–Kier alpha value is -2.71. The van der Waals surface area contributed by atoms with Gasteiger partial charge >= 0.3 is 0 Å². The van der Waals surface area contributed by atoms with E-state index in [1.165, 1.54) is 17.0 Å². The number of amides is 2. The van der Waals surface area contributed by atoms with E-state index in [1.807, 2.05) is 19.1 Å². The third kappa shape index (κ3) is 4.68. The van der Waals surface area contributed by atoms with Crippen LogP contribution < -0.4 is 10.2 Å². The zero-order valence-electron chi connectivity index (χ0n) is 19.2.